The van der Waals surface area contributed by atoms with E-state index in [-0.39, 0.29) is 22.8 Å². The van der Waals surface area contributed by atoms with Crippen molar-refractivity contribution in [3.8, 4) is 17.2 Å². The third kappa shape index (κ3) is 2.66. The van der Waals surface area contributed by atoms with Gasteiger partial charge in [-0.1, -0.05) is 6.07 Å². The highest BCUT2D eigenvalue weighted by molar-refractivity contribution is 6.08. The van der Waals surface area contributed by atoms with Gasteiger partial charge in [-0.3, -0.25) is 4.79 Å². The number of anilines is 1. The van der Waals surface area contributed by atoms with Crippen molar-refractivity contribution in [1.82, 2.24) is 0 Å². The fraction of sp³-hybridized carbons (Fsp3) is 0.133. The molecule has 20 heavy (non-hydrogen) atoms. The quantitative estimate of drug-likeness (QED) is 0.750. The van der Waals surface area contributed by atoms with Gasteiger partial charge in [0.15, 0.2) is 0 Å². The van der Waals surface area contributed by atoms with E-state index in [1.54, 1.807) is 19.1 Å². The Kier molecular flexibility index (Phi) is 3.79. The summed E-state index contributed by atoms with van der Waals surface area (Å²) in [6.45, 7) is 2.14. The van der Waals surface area contributed by atoms with Crippen LogP contribution in [0.15, 0.2) is 42.5 Å². The van der Waals surface area contributed by atoms with Crippen LogP contribution in [-0.2, 0) is 0 Å². The molecule has 0 atom stereocenters. The van der Waals surface area contributed by atoms with Gasteiger partial charge in [-0.15, -0.1) is 0 Å². The predicted molar refractivity (Wildman–Crippen MR) is 75.2 cm³/mol. The molecule has 1 amide bonds. The average Bonchev–Trinajstić information content (AvgIpc) is 2.42. The molecule has 2 aromatic rings. The van der Waals surface area contributed by atoms with Crippen molar-refractivity contribution in [1.29, 1.82) is 0 Å². The summed E-state index contributed by atoms with van der Waals surface area (Å²) in [7, 11) is 0. The van der Waals surface area contributed by atoms with Crippen molar-refractivity contribution in [3.63, 3.8) is 0 Å². The number of hydrogen-bond donors (Lipinski definition) is 3. The lowest BCUT2D eigenvalue weighted by molar-refractivity contribution is 0.0985. The summed E-state index contributed by atoms with van der Waals surface area (Å²) < 4.78 is 0. The van der Waals surface area contributed by atoms with E-state index in [9.17, 15) is 20.1 Å². The van der Waals surface area contributed by atoms with E-state index in [1.165, 1.54) is 35.2 Å². The number of carbonyl (C=O) groups is 1. The highest BCUT2D eigenvalue weighted by Crippen LogP contribution is 2.27. The van der Waals surface area contributed by atoms with E-state index >= 15 is 0 Å². The molecule has 0 aliphatic rings. The Morgan fingerprint density at radius 2 is 1.75 bits per heavy atom. The second-order valence-corrected chi connectivity index (χ2v) is 4.27. The minimum Gasteiger partial charge on any atom is -0.508 e. The molecular formula is C15H15NO4. The normalized spacial score (nSPS) is 10.2. The van der Waals surface area contributed by atoms with Crippen LogP contribution < -0.4 is 4.90 Å². The average molecular weight is 273 g/mol. The van der Waals surface area contributed by atoms with E-state index in [2.05, 4.69) is 0 Å². The summed E-state index contributed by atoms with van der Waals surface area (Å²) in [4.78, 5) is 13.8. The van der Waals surface area contributed by atoms with Crippen LogP contribution in [0.3, 0.4) is 0 Å². The first-order chi connectivity index (χ1) is 9.52. The van der Waals surface area contributed by atoms with Crippen LogP contribution in [0.5, 0.6) is 17.2 Å². The van der Waals surface area contributed by atoms with E-state index in [4.69, 9.17) is 0 Å². The van der Waals surface area contributed by atoms with Gasteiger partial charge in [0.1, 0.15) is 17.2 Å². The van der Waals surface area contributed by atoms with Crippen molar-refractivity contribution in [3.05, 3.63) is 48.0 Å². The maximum Gasteiger partial charge on any atom is 0.262 e. The van der Waals surface area contributed by atoms with Crippen LogP contribution >= 0.6 is 0 Å². The Hall–Kier alpha value is -2.69. The van der Waals surface area contributed by atoms with Crippen molar-refractivity contribution in [2.45, 2.75) is 6.92 Å². The molecule has 0 unspecified atom stereocenters. The first-order valence-electron chi connectivity index (χ1n) is 6.15. The summed E-state index contributed by atoms with van der Waals surface area (Å²) >= 11 is 0. The number of carbonyl (C=O) groups excluding carboxylic acids is 1. The number of nitrogens with zero attached hydrogens (tertiary/aromatic N) is 1. The van der Waals surface area contributed by atoms with Gasteiger partial charge in [-0.25, -0.2) is 0 Å². The van der Waals surface area contributed by atoms with E-state index < -0.39 is 5.91 Å². The molecule has 0 aliphatic carbocycles. The number of aromatic hydroxyl groups is 3. The maximum absolute atomic E-state index is 12.4. The van der Waals surface area contributed by atoms with E-state index in [0.717, 1.165) is 0 Å². The standard InChI is InChI=1S/C15H15NO4/c1-2-16(10-4-3-5-11(17)8-10)15(20)13-9-12(18)6-7-14(13)19/h3-9,17-19H,2H2,1H3. The largest absolute Gasteiger partial charge is 0.508 e. The lowest BCUT2D eigenvalue weighted by Gasteiger charge is -2.21. The summed E-state index contributed by atoms with van der Waals surface area (Å²) in [5, 5.41) is 28.7. The van der Waals surface area contributed by atoms with Crippen LogP contribution in [0.25, 0.3) is 0 Å². The number of hydrogen-bond acceptors (Lipinski definition) is 4. The molecule has 2 rings (SSSR count). The Balaban J connectivity index is 2.41. The third-order valence-corrected chi connectivity index (χ3v) is 2.91. The van der Waals surface area contributed by atoms with E-state index in [0.29, 0.717) is 12.2 Å². The zero-order chi connectivity index (χ0) is 14.7. The first-order valence-corrected chi connectivity index (χ1v) is 6.15. The lowest BCUT2D eigenvalue weighted by Crippen LogP contribution is -2.30. The molecular weight excluding hydrogens is 258 g/mol. The van der Waals surface area contributed by atoms with Gasteiger partial charge in [-0.2, -0.15) is 0 Å². The van der Waals surface area contributed by atoms with Gasteiger partial charge in [-0.05, 0) is 37.3 Å². The van der Waals surface area contributed by atoms with Crippen molar-refractivity contribution >= 4 is 11.6 Å². The fourth-order valence-corrected chi connectivity index (χ4v) is 1.95. The van der Waals surface area contributed by atoms with Crippen LogP contribution in [0.1, 0.15) is 17.3 Å². The molecule has 2 aromatic carbocycles. The lowest BCUT2D eigenvalue weighted by atomic mass is 10.1. The summed E-state index contributed by atoms with van der Waals surface area (Å²) in [5.74, 6) is -0.704. The van der Waals surface area contributed by atoms with Gasteiger partial charge in [0, 0.05) is 18.3 Å². The van der Waals surface area contributed by atoms with Crippen LogP contribution in [0.4, 0.5) is 5.69 Å². The molecule has 104 valence electrons. The zero-order valence-corrected chi connectivity index (χ0v) is 10.9. The highest BCUT2D eigenvalue weighted by atomic mass is 16.3. The second kappa shape index (κ2) is 5.52. The number of phenols is 3. The maximum atomic E-state index is 12.4. The molecule has 0 aliphatic heterocycles. The molecule has 0 saturated carbocycles. The Morgan fingerprint density at radius 1 is 1.05 bits per heavy atom. The number of amides is 1. The minimum atomic E-state index is -0.452. The molecule has 0 spiro atoms. The predicted octanol–water partition coefficient (Wildman–Crippen LogP) is 2.47. The van der Waals surface area contributed by atoms with Crippen molar-refractivity contribution in [2.24, 2.45) is 0 Å². The number of benzene rings is 2. The molecule has 0 aromatic heterocycles. The SMILES string of the molecule is CCN(C(=O)c1cc(O)ccc1O)c1cccc(O)c1. The molecule has 0 radical (unpaired) electrons. The molecule has 0 saturated heterocycles. The first kappa shape index (κ1) is 13.7. The van der Waals surface area contributed by atoms with Gasteiger partial charge >= 0.3 is 0 Å². The molecule has 0 bridgehead atoms. The molecule has 5 nitrogen and oxygen atoms in total. The molecule has 0 heterocycles. The minimum absolute atomic E-state index is 0.00944. The van der Waals surface area contributed by atoms with Gasteiger partial charge in [0.2, 0.25) is 0 Å². The van der Waals surface area contributed by atoms with E-state index in [1.807, 2.05) is 0 Å². The third-order valence-electron chi connectivity index (χ3n) is 2.91. The molecule has 0 fully saturated rings. The molecule has 3 N–H and O–H groups in total. The van der Waals surface area contributed by atoms with Crippen molar-refractivity contribution in [2.75, 3.05) is 11.4 Å². The number of rotatable bonds is 3. The van der Waals surface area contributed by atoms with Crippen LogP contribution in [0.2, 0.25) is 0 Å². The Morgan fingerprint density at radius 3 is 2.40 bits per heavy atom. The van der Waals surface area contributed by atoms with Gasteiger partial charge in [0.05, 0.1) is 5.56 Å². The van der Waals surface area contributed by atoms with Gasteiger partial charge < -0.3 is 20.2 Å². The van der Waals surface area contributed by atoms with Crippen molar-refractivity contribution < 1.29 is 20.1 Å². The summed E-state index contributed by atoms with van der Waals surface area (Å²) in [5.41, 5.74) is 0.524. The zero-order valence-electron chi connectivity index (χ0n) is 10.9. The van der Waals surface area contributed by atoms with Gasteiger partial charge in [0.25, 0.3) is 5.91 Å². The number of phenolic OH excluding ortho intramolecular Hbond substituents is 3. The summed E-state index contributed by atoms with van der Waals surface area (Å²) in [6.07, 6.45) is 0. The molecule has 5 heteroatoms. The fourth-order valence-electron chi connectivity index (χ4n) is 1.95. The smallest absolute Gasteiger partial charge is 0.262 e. The monoisotopic (exact) mass is 273 g/mol. The summed E-state index contributed by atoms with van der Waals surface area (Å²) in [6, 6.07) is 10.1. The topological polar surface area (TPSA) is 81.0 Å². The Bertz CT molecular complexity index is 640. The Labute approximate surface area is 116 Å². The second-order valence-electron chi connectivity index (χ2n) is 4.27. The highest BCUT2D eigenvalue weighted by Gasteiger charge is 2.20. The van der Waals surface area contributed by atoms with Crippen LogP contribution in [0, 0.1) is 0 Å². The van der Waals surface area contributed by atoms with Crippen LogP contribution in [-0.4, -0.2) is 27.8 Å².